The molecule has 6 nitrogen and oxygen atoms in total. The fraction of sp³-hybridized carbons (Fsp3) is 0.462. The summed E-state index contributed by atoms with van der Waals surface area (Å²) in [5.74, 6) is 1.17. The highest BCUT2D eigenvalue weighted by atomic mass is 32.2. The third-order valence-corrected chi connectivity index (χ3v) is 6.19. The molecule has 21 heavy (non-hydrogen) atoms. The van der Waals surface area contributed by atoms with Crippen molar-refractivity contribution in [2.24, 2.45) is 0 Å². The zero-order valence-electron chi connectivity index (χ0n) is 11.6. The van der Waals surface area contributed by atoms with Gasteiger partial charge in [0.05, 0.1) is 17.2 Å². The predicted molar refractivity (Wildman–Crippen MR) is 81.7 cm³/mol. The van der Waals surface area contributed by atoms with Gasteiger partial charge < -0.3 is 0 Å². The van der Waals surface area contributed by atoms with E-state index in [0.29, 0.717) is 24.5 Å². The highest BCUT2D eigenvalue weighted by molar-refractivity contribution is 7.91. The molecule has 112 valence electrons. The van der Waals surface area contributed by atoms with E-state index in [-0.39, 0.29) is 11.8 Å². The molecule has 0 radical (unpaired) electrons. The van der Waals surface area contributed by atoms with Crippen LogP contribution in [0.15, 0.2) is 23.8 Å². The molecule has 0 aliphatic carbocycles. The molecule has 8 heteroatoms. The van der Waals surface area contributed by atoms with Crippen molar-refractivity contribution in [2.45, 2.75) is 19.0 Å². The Morgan fingerprint density at radius 1 is 1.38 bits per heavy atom. The zero-order valence-corrected chi connectivity index (χ0v) is 13.3. The van der Waals surface area contributed by atoms with Crippen LogP contribution in [0.4, 0.5) is 0 Å². The molecule has 2 aromatic heterocycles. The molecule has 0 saturated carbocycles. The Bertz CT molecular complexity index is 715. The summed E-state index contributed by atoms with van der Waals surface area (Å²) in [5, 5.41) is 2.77. The van der Waals surface area contributed by atoms with Gasteiger partial charge in [0.2, 0.25) is 0 Å². The van der Waals surface area contributed by atoms with Gasteiger partial charge >= 0.3 is 0 Å². The minimum atomic E-state index is -2.85. The van der Waals surface area contributed by atoms with Gasteiger partial charge in [-0.3, -0.25) is 4.90 Å². The third-order valence-electron chi connectivity index (χ3n) is 3.55. The van der Waals surface area contributed by atoms with Crippen LogP contribution >= 0.6 is 11.3 Å². The number of aromatic nitrogens is 3. The van der Waals surface area contributed by atoms with Crippen molar-refractivity contribution in [1.82, 2.24) is 19.9 Å². The second-order valence-electron chi connectivity index (χ2n) is 5.19. The summed E-state index contributed by atoms with van der Waals surface area (Å²) in [6.45, 7) is 0.642. The topological polar surface area (TPSA) is 76.1 Å². The molecule has 0 aromatic carbocycles. The van der Waals surface area contributed by atoms with E-state index >= 15 is 0 Å². The van der Waals surface area contributed by atoms with Gasteiger partial charge in [-0.15, -0.1) is 11.3 Å². The molecular formula is C13H16N4O2S2. The average molecular weight is 324 g/mol. The second-order valence-corrected chi connectivity index (χ2v) is 8.28. The summed E-state index contributed by atoms with van der Waals surface area (Å²) in [7, 11) is -0.902. The van der Waals surface area contributed by atoms with Crippen LogP contribution in [0, 0.1) is 0 Å². The van der Waals surface area contributed by atoms with E-state index < -0.39 is 9.84 Å². The first kappa shape index (κ1) is 14.6. The van der Waals surface area contributed by atoms with Gasteiger partial charge in [-0.2, -0.15) is 0 Å². The maximum atomic E-state index is 11.5. The molecular weight excluding hydrogens is 308 g/mol. The fourth-order valence-electron chi connectivity index (χ4n) is 2.40. The smallest absolute Gasteiger partial charge is 0.188 e. The first-order valence-corrected chi connectivity index (χ1v) is 9.36. The minimum absolute atomic E-state index is 0.0909. The summed E-state index contributed by atoms with van der Waals surface area (Å²) in [6, 6.07) is 1.86. The number of thiazole rings is 1. The van der Waals surface area contributed by atoms with Gasteiger partial charge in [-0.05, 0) is 19.5 Å². The molecule has 1 aliphatic rings. The lowest BCUT2D eigenvalue weighted by Gasteiger charge is -2.21. The molecule has 3 rings (SSSR count). The average Bonchev–Trinajstić information content (AvgIpc) is 3.06. The number of hydrogen-bond donors (Lipinski definition) is 0. The maximum absolute atomic E-state index is 11.5. The molecule has 0 N–H and O–H groups in total. The number of rotatable bonds is 4. The molecule has 1 atom stereocenters. The zero-order chi connectivity index (χ0) is 14.9. The van der Waals surface area contributed by atoms with Crippen molar-refractivity contribution in [1.29, 1.82) is 0 Å². The monoisotopic (exact) mass is 324 g/mol. The van der Waals surface area contributed by atoms with Crippen molar-refractivity contribution in [3.05, 3.63) is 29.5 Å². The number of hydrogen-bond acceptors (Lipinski definition) is 7. The van der Waals surface area contributed by atoms with Crippen LogP contribution in [0.2, 0.25) is 0 Å². The van der Waals surface area contributed by atoms with Crippen LogP contribution in [-0.2, 0) is 16.4 Å². The standard InChI is InChI=1S/C13H16N4O2S2/c1-17(11-3-6-21(18,19)9-11)7-10-8-20-13(16-10)12-14-4-2-5-15-12/h2,4-5,8,11H,3,6-7,9H2,1H3. The highest BCUT2D eigenvalue weighted by Gasteiger charge is 2.30. The highest BCUT2D eigenvalue weighted by Crippen LogP contribution is 2.22. The van der Waals surface area contributed by atoms with Crippen LogP contribution in [0.1, 0.15) is 12.1 Å². The van der Waals surface area contributed by atoms with Crippen LogP contribution in [0.25, 0.3) is 10.8 Å². The molecule has 1 aliphatic heterocycles. The van der Waals surface area contributed by atoms with Gasteiger partial charge in [0, 0.05) is 30.4 Å². The summed E-state index contributed by atoms with van der Waals surface area (Å²) < 4.78 is 23.1. The minimum Gasteiger partial charge on any atom is -0.297 e. The second kappa shape index (κ2) is 5.78. The molecule has 1 unspecified atom stereocenters. The maximum Gasteiger partial charge on any atom is 0.188 e. The number of sulfone groups is 1. The summed E-state index contributed by atoms with van der Waals surface area (Å²) in [5.41, 5.74) is 0.925. The Morgan fingerprint density at radius 3 is 2.81 bits per heavy atom. The lowest BCUT2D eigenvalue weighted by Crippen LogP contribution is -2.32. The van der Waals surface area contributed by atoms with E-state index in [9.17, 15) is 8.42 Å². The van der Waals surface area contributed by atoms with E-state index in [1.54, 1.807) is 18.5 Å². The Hall–Kier alpha value is -1.38. The molecule has 3 heterocycles. The molecule has 0 spiro atoms. The van der Waals surface area contributed by atoms with Gasteiger partial charge in [0.15, 0.2) is 20.7 Å². The van der Waals surface area contributed by atoms with Crippen LogP contribution in [-0.4, -0.2) is 52.9 Å². The van der Waals surface area contributed by atoms with E-state index in [4.69, 9.17) is 0 Å². The van der Waals surface area contributed by atoms with Gasteiger partial charge in [-0.25, -0.2) is 23.4 Å². The predicted octanol–water partition coefficient (Wildman–Crippen LogP) is 1.22. The van der Waals surface area contributed by atoms with Crippen molar-refractivity contribution < 1.29 is 8.42 Å². The normalized spacial score (nSPS) is 21.0. The van der Waals surface area contributed by atoms with Crippen LogP contribution < -0.4 is 0 Å². The van der Waals surface area contributed by atoms with E-state index in [1.165, 1.54) is 11.3 Å². The van der Waals surface area contributed by atoms with Crippen molar-refractivity contribution >= 4 is 21.2 Å². The first-order chi connectivity index (χ1) is 10.0. The van der Waals surface area contributed by atoms with Crippen molar-refractivity contribution in [2.75, 3.05) is 18.6 Å². The quantitative estimate of drug-likeness (QED) is 0.842. The van der Waals surface area contributed by atoms with Crippen molar-refractivity contribution in [3.8, 4) is 10.8 Å². The number of nitrogens with zero attached hydrogens (tertiary/aromatic N) is 4. The summed E-state index contributed by atoms with van der Waals surface area (Å²) in [4.78, 5) is 15.0. The Balaban J connectivity index is 1.68. The largest absolute Gasteiger partial charge is 0.297 e. The van der Waals surface area contributed by atoms with E-state index in [0.717, 1.165) is 10.7 Å². The Labute approximate surface area is 127 Å². The summed E-state index contributed by atoms with van der Waals surface area (Å²) in [6.07, 6.45) is 4.09. The summed E-state index contributed by atoms with van der Waals surface area (Å²) >= 11 is 1.51. The lowest BCUT2D eigenvalue weighted by molar-refractivity contribution is 0.251. The van der Waals surface area contributed by atoms with Gasteiger partial charge in [-0.1, -0.05) is 0 Å². The first-order valence-electron chi connectivity index (χ1n) is 6.66. The molecule has 2 aromatic rings. The lowest BCUT2D eigenvalue weighted by atomic mass is 10.2. The third kappa shape index (κ3) is 3.45. The van der Waals surface area contributed by atoms with Crippen LogP contribution in [0.3, 0.4) is 0 Å². The Morgan fingerprint density at radius 2 is 2.14 bits per heavy atom. The molecule has 1 fully saturated rings. The van der Waals surface area contributed by atoms with Crippen molar-refractivity contribution in [3.63, 3.8) is 0 Å². The van der Waals surface area contributed by atoms with E-state index in [1.807, 2.05) is 12.4 Å². The van der Waals surface area contributed by atoms with Crippen LogP contribution in [0.5, 0.6) is 0 Å². The Kier molecular flexibility index (Phi) is 4.01. The molecule has 1 saturated heterocycles. The van der Waals surface area contributed by atoms with E-state index in [2.05, 4.69) is 19.9 Å². The molecule has 0 amide bonds. The SMILES string of the molecule is CN(Cc1csc(-c2ncccn2)n1)C1CCS(=O)(=O)C1. The van der Waals surface area contributed by atoms with Gasteiger partial charge in [0.25, 0.3) is 0 Å². The molecule has 0 bridgehead atoms. The van der Waals surface area contributed by atoms with Gasteiger partial charge in [0.1, 0.15) is 0 Å². The fourth-order valence-corrected chi connectivity index (χ4v) is 4.96.